The summed E-state index contributed by atoms with van der Waals surface area (Å²) in [5.74, 6) is -1.50. The Morgan fingerprint density at radius 2 is 1.52 bits per heavy atom. The van der Waals surface area contributed by atoms with E-state index in [9.17, 15) is 23.1 Å². The summed E-state index contributed by atoms with van der Waals surface area (Å²) in [4.78, 5) is 24.5. The van der Waals surface area contributed by atoms with Crippen LogP contribution in [0.4, 0.5) is 5.69 Å². The van der Waals surface area contributed by atoms with E-state index in [2.05, 4.69) is 21.2 Å². The number of nitrogen functional groups attached to an aromatic ring is 1. The molecule has 9 nitrogen and oxygen atoms in total. The van der Waals surface area contributed by atoms with Gasteiger partial charge in [0.2, 0.25) is 0 Å². The number of aromatic carboxylic acids is 1. The van der Waals surface area contributed by atoms with Crippen molar-refractivity contribution < 1.29 is 27.7 Å². The number of halogens is 1. The van der Waals surface area contributed by atoms with Crippen molar-refractivity contribution in [1.82, 2.24) is 0 Å². The second kappa shape index (κ2) is 10.9. The van der Waals surface area contributed by atoms with Crippen LogP contribution in [0.3, 0.4) is 0 Å². The number of hydrogen-bond acceptors (Lipinski definition) is 5. The minimum atomic E-state index is -3.67. The number of carbonyl (C=O) groups excluding carboxylic acids is 1. The van der Waals surface area contributed by atoms with E-state index in [1.165, 1.54) is 6.07 Å². The quantitative estimate of drug-likeness (QED) is 0.188. The van der Waals surface area contributed by atoms with Crippen LogP contribution in [-0.2, 0) is 10.1 Å². The van der Waals surface area contributed by atoms with Crippen molar-refractivity contribution in [3.8, 4) is 11.1 Å². The van der Waals surface area contributed by atoms with Crippen LogP contribution in [0.15, 0.2) is 71.2 Å². The van der Waals surface area contributed by atoms with E-state index in [1.54, 1.807) is 60.7 Å². The van der Waals surface area contributed by atoms with E-state index in [0.717, 1.165) is 0 Å². The highest BCUT2D eigenvalue weighted by molar-refractivity contribution is 9.10. The summed E-state index contributed by atoms with van der Waals surface area (Å²) in [7, 11) is -3.67. The van der Waals surface area contributed by atoms with Gasteiger partial charge in [-0.2, -0.15) is 8.42 Å². The molecule has 0 unspecified atom stereocenters. The highest BCUT2D eigenvalue weighted by Gasteiger charge is 2.18. The number of carbonyl (C=O) groups is 2. The summed E-state index contributed by atoms with van der Waals surface area (Å²) >= 11 is 3.28. The van der Waals surface area contributed by atoms with Crippen LogP contribution >= 0.6 is 15.9 Å². The van der Waals surface area contributed by atoms with Crippen molar-refractivity contribution in [1.29, 1.82) is 5.41 Å². The maximum absolute atomic E-state index is 12.8. The SMILES string of the molecule is CS(=O)(=O)O.N=C(N)c1ccc(NC(=O)c2ccccc2-c2ccc(Br)cc2C(=O)O)cc1. The van der Waals surface area contributed by atoms with Gasteiger partial charge in [0, 0.05) is 21.3 Å². The van der Waals surface area contributed by atoms with Crippen LogP contribution in [0.2, 0.25) is 0 Å². The van der Waals surface area contributed by atoms with Crippen LogP contribution < -0.4 is 11.1 Å². The number of amidine groups is 1. The van der Waals surface area contributed by atoms with Crippen molar-refractivity contribution in [3.05, 3.63) is 87.9 Å². The normalized spacial score (nSPS) is 10.5. The van der Waals surface area contributed by atoms with E-state index in [-0.39, 0.29) is 17.3 Å². The molecule has 6 N–H and O–H groups in total. The Morgan fingerprint density at radius 1 is 0.970 bits per heavy atom. The maximum Gasteiger partial charge on any atom is 0.336 e. The first-order valence-electron chi connectivity index (χ1n) is 9.17. The monoisotopic (exact) mass is 533 g/mol. The molecule has 0 atom stereocenters. The Kier molecular flexibility index (Phi) is 8.46. The maximum atomic E-state index is 12.8. The number of nitrogens with two attached hydrogens (primary N) is 1. The molecule has 0 bridgehead atoms. The van der Waals surface area contributed by atoms with Gasteiger partial charge in [-0.15, -0.1) is 0 Å². The topological polar surface area (TPSA) is 171 Å². The van der Waals surface area contributed by atoms with Gasteiger partial charge in [-0.25, -0.2) is 4.79 Å². The molecule has 0 radical (unpaired) electrons. The molecule has 3 rings (SSSR count). The number of nitrogens with one attached hydrogen (secondary N) is 2. The first-order valence-corrected chi connectivity index (χ1v) is 11.8. The molecule has 0 saturated carbocycles. The molecule has 0 saturated heterocycles. The zero-order valence-electron chi connectivity index (χ0n) is 17.2. The molecule has 0 aliphatic carbocycles. The second-order valence-electron chi connectivity index (χ2n) is 6.72. The second-order valence-corrected chi connectivity index (χ2v) is 9.10. The van der Waals surface area contributed by atoms with Gasteiger partial charge < -0.3 is 16.2 Å². The molecule has 1 amide bonds. The fourth-order valence-corrected chi connectivity index (χ4v) is 3.14. The van der Waals surface area contributed by atoms with Crippen molar-refractivity contribution in [2.75, 3.05) is 11.6 Å². The zero-order chi connectivity index (χ0) is 24.8. The minimum absolute atomic E-state index is 0.0559. The lowest BCUT2D eigenvalue weighted by Gasteiger charge is -2.13. The average molecular weight is 534 g/mol. The predicted molar refractivity (Wildman–Crippen MR) is 129 cm³/mol. The van der Waals surface area contributed by atoms with Gasteiger partial charge in [-0.05, 0) is 53.6 Å². The zero-order valence-corrected chi connectivity index (χ0v) is 19.6. The smallest absolute Gasteiger partial charge is 0.336 e. The van der Waals surface area contributed by atoms with E-state index in [0.29, 0.717) is 38.7 Å². The van der Waals surface area contributed by atoms with Crippen LogP contribution in [-0.4, -0.2) is 42.0 Å². The molecule has 33 heavy (non-hydrogen) atoms. The Balaban J connectivity index is 0.000000696. The van der Waals surface area contributed by atoms with E-state index in [4.69, 9.17) is 15.7 Å². The average Bonchev–Trinajstić information content (AvgIpc) is 2.73. The molecule has 0 spiro atoms. The summed E-state index contributed by atoms with van der Waals surface area (Å²) in [6, 6.07) is 18.3. The number of carboxylic acid groups (broad SMARTS) is 1. The Hall–Kier alpha value is -3.54. The van der Waals surface area contributed by atoms with Gasteiger partial charge in [-0.1, -0.05) is 40.2 Å². The third-order valence-electron chi connectivity index (χ3n) is 4.13. The molecule has 0 aliphatic heterocycles. The summed E-state index contributed by atoms with van der Waals surface area (Å²) in [6.45, 7) is 0. The van der Waals surface area contributed by atoms with Gasteiger partial charge in [0.1, 0.15) is 5.84 Å². The van der Waals surface area contributed by atoms with Crippen molar-refractivity contribution >= 4 is 49.4 Å². The van der Waals surface area contributed by atoms with E-state index >= 15 is 0 Å². The summed E-state index contributed by atoms with van der Waals surface area (Å²) in [6.07, 6.45) is 0.715. The molecular weight excluding hydrogens is 514 g/mol. The molecule has 3 aromatic rings. The standard InChI is InChI=1S/C21H16BrN3O3.CH4O3S/c22-13-7-10-16(18(11-13)21(27)28)15-3-1-2-4-17(15)20(26)25-14-8-5-12(6-9-14)19(23)24;1-5(2,3)4/h1-11H,(H3,23,24)(H,25,26)(H,27,28);1H3,(H,2,3,4). The molecule has 0 aromatic heterocycles. The van der Waals surface area contributed by atoms with Gasteiger partial charge in [-0.3, -0.25) is 14.8 Å². The lowest BCUT2D eigenvalue weighted by atomic mass is 9.95. The van der Waals surface area contributed by atoms with E-state index in [1.807, 2.05) is 0 Å². The molecule has 172 valence electrons. The Bertz CT molecular complexity index is 1300. The van der Waals surface area contributed by atoms with Crippen molar-refractivity contribution in [3.63, 3.8) is 0 Å². The number of amides is 1. The molecule has 11 heteroatoms. The van der Waals surface area contributed by atoms with Crippen molar-refractivity contribution in [2.24, 2.45) is 5.73 Å². The van der Waals surface area contributed by atoms with Gasteiger partial charge in [0.15, 0.2) is 0 Å². The van der Waals surface area contributed by atoms with Crippen LogP contribution in [0.25, 0.3) is 11.1 Å². The summed E-state index contributed by atoms with van der Waals surface area (Å²) in [5.41, 5.74) is 7.95. The van der Waals surface area contributed by atoms with Gasteiger partial charge in [0.05, 0.1) is 11.8 Å². The molecule has 3 aromatic carbocycles. The first-order chi connectivity index (χ1) is 15.4. The minimum Gasteiger partial charge on any atom is -0.478 e. The summed E-state index contributed by atoms with van der Waals surface area (Å²) in [5, 5.41) is 19.7. The fraction of sp³-hybridized carbons (Fsp3) is 0.0455. The number of anilines is 1. The van der Waals surface area contributed by atoms with Gasteiger partial charge >= 0.3 is 5.97 Å². The number of hydrogen-bond donors (Lipinski definition) is 5. The first kappa shape index (κ1) is 25.7. The fourth-order valence-electron chi connectivity index (χ4n) is 2.78. The van der Waals surface area contributed by atoms with Crippen molar-refractivity contribution in [2.45, 2.75) is 0 Å². The third-order valence-corrected chi connectivity index (χ3v) is 4.62. The molecule has 0 fully saturated rings. The third kappa shape index (κ3) is 7.83. The largest absolute Gasteiger partial charge is 0.478 e. The van der Waals surface area contributed by atoms with Crippen LogP contribution in [0.1, 0.15) is 26.3 Å². The van der Waals surface area contributed by atoms with Crippen LogP contribution in [0, 0.1) is 5.41 Å². The highest BCUT2D eigenvalue weighted by atomic mass is 79.9. The number of rotatable bonds is 5. The van der Waals surface area contributed by atoms with Gasteiger partial charge in [0.25, 0.3) is 16.0 Å². The lowest BCUT2D eigenvalue weighted by molar-refractivity contribution is 0.0697. The summed E-state index contributed by atoms with van der Waals surface area (Å²) < 4.78 is 26.5. The Labute approximate surface area is 198 Å². The van der Waals surface area contributed by atoms with E-state index < -0.39 is 16.1 Å². The molecule has 0 aliphatic rings. The highest BCUT2D eigenvalue weighted by Crippen LogP contribution is 2.30. The molecular formula is C22H20BrN3O6S. The molecule has 0 heterocycles. The number of carboxylic acids is 1. The predicted octanol–water partition coefficient (Wildman–Crippen LogP) is 3.85. The number of benzene rings is 3. The Morgan fingerprint density at radius 3 is 2.06 bits per heavy atom. The lowest BCUT2D eigenvalue weighted by Crippen LogP contribution is -2.14. The van der Waals surface area contributed by atoms with Crippen LogP contribution in [0.5, 0.6) is 0 Å².